The van der Waals surface area contributed by atoms with Gasteiger partial charge in [-0.25, -0.2) is 0 Å². The summed E-state index contributed by atoms with van der Waals surface area (Å²) >= 11 is 0. The number of halogens is 6. The van der Waals surface area contributed by atoms with Crippen LogP contribution < -0.4 is 5.56 Å². The summed E-state index contributed by atoms with van der Waals surface area (Å²) in [6, 6.07) is 4.88. The van der Waals surface area contributed by atoms with Gasteiger partial charge in [0, 0.05) is 11.9 Å². The fourth-order valence-electron chi connectivity index (χ4n) is 1.72. The zero-order valence-electron chi connectivity index (χ0n) is 10.2. The van der Waals surface area contributed by atoms with Crippen molar-refractivity contribution < 1.29 is 26.3 Å². The van der Waals surface area contributed by atoms with Crippen LogP contribution in [0.2, 0.25) is 0 Å². The normalized spacial score (nSPS) is 12.5. The van der Waals surface area contributed by atoms with Crippen LogP contribution in [0.15, 0.2) is 47.4 Å². The van der Waals surface area contributed by atoms with Crippen molar-refractivity contribution in [3.05, 3.63) is 64.1 Å². The number of alkyl halides is 6. The monoisotopic (exact) mass is 307 g/mol. The van der Waals surface area contributed by atoms with E-state index in [0.29, 0.717) is 22.8 Å². The molecular formula is C13H7F6NO. The highest BCUT2D eigenvalue weighted by atomic mass is 19.4. The summed E-state index contributed by atoms with van der Waals surface area (Å²) in [6.07, 6.45) is -8.33. The molecule has 2 nitrogen and oxygen atoms in total. The van der Waals surface area contributed by atoms with Crippen molar-refractivity contribution >= 4 is 0 Å². The Kier molecular flexibility index (Phi) is 3.56. The van der Waals surface area contributed by atoms with Crippen LogP contribution in [0.1, 0.15) is 11.1 Å². The van der Waals surface area contributed by atoms with Gasteiger partial charge in [0.1, 0.15) is 5.56 Å². The van der Waals surface area contributed by atoms with Crippen molar-refractivity contribution in [1.29, 1.82) is 0 Å². The minimum Gasteiger partial charge on any atom is -0.284 e. The number of rotatable bonds is 1. The van der Waals surface area contributed by atoms with Crippen molar-refractivity contribution in [3.63, 3.8) is 0 Å². The van der Waals surface area contributed by atoms with Crippen LogP contribution >= 0.6 is 0 Å². The highest BCUT2D eigenvalue weighted by molar-refractivity contribution is 5.37. The molecule has 2 rings (SSSR count). The summed E-state index contributed by atoms with van der Waals surface area (Å²) in [5.41, 5.74) is -3.76. The molecule has 0 fully saturated rings. The summed E-state index contributed by atoms with van der Waals surface area (Å²) in [5, 5.41) is 0. The maximum Gasteiger partial charge on any atom is 0.421 e. The first-order chi connectivity index (χ1) is 9.60. The number of pyridine rings is 1. The highest BCUT2D eigenvalue weighted by Gasteiger charge is 2.34. The molecule has 0 aliphatic rings. The first-order valence-corrected chi connectivity index (χ1v) is 5.57. The van der Waals surface area contributed by atoms with Crippen molar-refractivity contribution in [3.8, 4) is 5.69 Å². The second-order valence-corrected chi connectivity index (χ2v) is 4.14. The highest BCUT2D eigenvalue weighted by Crippen LogP contribution is 2.30. The third-order valence-corrected chi connectivity index (χ3v) is 2.73. The second-order valence-electron chi connectivity index (χ2n) is 4.14. The number of nitrogens with zero attached hydrogens (tertiary/aromatic N) is 1. The van der Waals surface area contributed by atoms with E-state index < -0.39 is 29.0 Å². The Morgan fingerprint density at radius 1 is 0.810 bits per heavy atom. The molecular weight excluding hydrogens is 300 g/mol. The lowest BCUT2D eigenvalue weighted by molar-refractivity contribution is -0.139. The molecule has 2 aromatic rings. The molecule has 0 aliphatic heterocycles. The van der Waals surface area contributed by atoms with Gasteiger partial charge in [0.25, 0.3) is 5.56 Å². The third-order valence-electron chi connectivity index (χ3n) is 2.73. The van der Waals surface area contributed by atoms with Gasteiger partial charge in [-0.05, 0) is 36.4 Å². The Morgan fingerprint density at radius 3 is 1.86 bits per heavy atom. The van der Waals surface area contributed by atoms with Gasteiger partial charge in [0.15, 0.2) is 0 Å². The number of hydrogen-bond acceptors (Lipinski definition) is 1. The Balaban J connectivity index is 2.51. The maximum absolute atomic E-state index is 12.6. The Bertz CT molecular complexity index is 696. The maximum atomic E-state index is 12.6. The molecule has 0 spiro atoms. The molecule has 0 unspecified atom stereocenters. The van der Waals surface area contributed by atoms with Gasteiger partial charge in [-0.3, -0.25) is 9.36 Å². The third kappa shape index (κ3) is 3.09. The summed E-state index contributed by atoms with van der Waals surface area (Å²) in [5.74, 6) is 0. The minimum absolute atomic E-state index is 0.0842. The van der Waals surface area contributed by atoms with E-state index in [1.807, 2.05) is 0 Å². The Hall–Kier alpha value is -2.25. The van der Waals surface area contributed by atoms with Gasteiger partial charge in [0.2, 0.25) is 0 Å². The lowest BCUT2D eigenvalue weighted by atomic mass is 10.2. The van der Waals surface area contributed by atoms with E-state index in [2.05, 4.69) is 0 Å². The van der Waals surface area contributed by atoms with Gasteiger partial charge in [0.05, 0.1) is 5.56 Å². The van der Waals surface area contributed by atoms with Crippen LogP contribution in [-0.4, -0.2) is 4.57 Å². The summed E-state index contributed by atoms with van der Waals surface area (Å²) < 4.78 is 75.7. The smallest absolute Gasteiger partial charge is 0.284 e. The van der Waals surface area contributed by atoms with Crippen LogP contribution in [0.4, 0.5) is 26.3 Å². The molecule has 0 aliphatic carbocycles. The van der Waals surface area contributed by atoms with Crippen LogP contribution in [0.25, 0.3) is 5.69 Å². The van der Waals surface area contributed by atoms with E-state index in [-0.39, 0.29) is 5.69 Å². The van der Waals surface area contributed by atoms with E-state index in [1.165, 1.54) is 0 Å². The summed E-state index contributed by atoms with van der Waals surface area (Å²) in [4.78, 5) is 11.7. The molecule has 1 heterocycles. The fourth-order valence-corrected chi connectivity index (χ4v) is 1.72. The Labute approximate surface area is 114 Å². The van der Waals surface area contributed by atoms with E-state index >= 15 is 0 Å². The van der Waals surface area contributed by atoms with E-state index in [0.717, 1.165) is 24.4 Å². The molecule has 0 bridgehead atoms. The van der Waals surface area contributed by atoms with E-state index in [1.54, 1.807) is 0 Å². The zero-order valence-corrected chi connectivity index (χ0v) is 10.2. The molecule has 0 N–H and O–H groups in total. The summed E-state index contributed by atoms with van der Waals surface area (Å²) in [6.45, 7) is 0. The number of hydrogen-bond donors (Lipinski definition) is 0. The van der Waals surface area contributed by atoms with Gasteiger partial charge in [-0.15, -0.1) is 0 Å². The predicted octanol–water partition coefficient (Wildman–Crippen LogP) is 3.88. The number of aromatic nitrogens is 1. The zero-order chi connectivity index (χ0) is 15.8. The summed E-state index contributed by atoms with van der Waals surface area (Å²) in [7, 11) is 0. The molecule has 21 heavy (non-hydrogen) atoms. The quantitative estimate of drug-likeness (QED) is 0.733. The van der Waals surface area contributed by atoms with Crippen LogP contribution in [0.3, 0.4) is 0 Å². The minimum atomic E-state index is -4.83. The van der Waals surface area contributed by atoms with Crippen molar-refractivity contribution in [2.24, 2.45) is 0 Å². The Morgan fingerprint density at radius 2 is 1.38 bits per heavy atom. The number of benzene rings is 1. The van der Waals surface area contributed by atoms with Crippen LogP contribution in [0, 0.1) is 0 Å². The van der Waals surface area contributed by atoms with E-state index in [4.69, 9.17) is 0 Å². The SMILES string of the molecule is O=c1c(C(F)(F)F)cccn1-c1ccc(C(F)(F)F)cc1. The molecule has 1 aromatic heterocycles. The molecule has 0 atom stereocenters. The molecule has 8 heteroatoms. The van der Waals surface area contributed by atoms with Gasteiger partial charge in [-0.1, -0.05) is 0 Å². The van der Waals surface area contributed by atoms with Crippen molar-refractivity contribution in [2.75, 3.05) is 0 Å². The largest absolute Gasteiger partial charge is 0.421 e. The van der Waals surface area contributed by atoms with E-state index in [9.17, 15) is 31.1 Å². The second kappa shape index (κ2) is 4.94. The lowest BCUT2D eigenvalue weighted by Crippen LogP contribution is -2.26. The standard InChI is InChI=1S/C13H7F6NO/c14-12(15,16)8-3-5-9(6-4-8)20-7-1-2-10(11(20)21)13(17,18)19/h1-7H. The first-order valence-electron chi connectivity index (χ1n) is 5.57. The van der Waals surface area contributed by atoms with Gasteiger partial charge >= 0.3 is 12.4 Å². The predicted molar refractivity (Wildman–Crippen MR) is 62.0 cm³/mol. The van der Waals surface area contributed by atoms with Gasteiger partial charge < -0.3 is 0 Å². The average Bonchev–Trinajstić information content (AvgIpc) is 2.37. The molecule has 0 radical (unpaired) electrons. The lowest BCUT2D eigenvalue weighted by Gasteiger charge is -2.11. The molecule has 0 amide bonds. The average molecular weight is 307 g/mol. The first kappa shape index (κ1) is 15.1. The van der Waals surface area contributed by atoms with Crippen molar-refractivity contribution in [1.82, 2.24) is 4.57 Å². The molecule has 0 saturated carbocycles. The van der Waals surface area contributed by atoms with Crippen LogP contribution in [0.5, 0.6) is 0 Å². The topological polar surface area (TPSA) is 22.0 Å². The fraction of sp³-hybridized carbons (Fsp3) is 0.154. The molecule has 112 valence electrons. The van der Waals surface area contributed by atoms with Gasteiger partial charge in [-0.2, -0.15) is 26.3 Å². The molecule has 0 saturated heterocycles. The molecule has 1 aromatic carbocycles. The van der Waals surface area contributed by atoms with Crippen LogP contribution in [-0.2, 0) is 12.4 Å². The van der Waals surface area contributed by atoms with Crippen molar-refractivity contribution in [2.45, 2.75) is 12.4 Å².